The number of hydrazine groups is 1. The van der Waals surface area contributed by atoms with Crippen LogP contribution in [0.4, 0.5) is 0 Å². The van der Waals surface area contributed by atoms with Crippen LogP contribution in [-0.4, -0.2) is 23.9 Å². The third kappa shape index (κ3) is 4.41. The monoisotopic (exact) mass is 311 g/mol. The average molecular weight is 311 g/mol. The van der Waals surface area contributed by atoms with E-state index in [1.54, 1.807) is 0 Å². The van der Waals surface area contributed by atoms with Crippen LogP contribution in [0.3, 0.4) is 0 Å². The van der Waals surface area contributed by atoms with E-state index in [4.69, 9.17) is 11.6 Å². The van der Waals surface area contributed by atoms with Gasteiger partial charge in [0.1, 0.15) is 0 Å². The Morgan fingerprint density at radius 3 is 2.62 bits per heavy atom. The van der Waals surface area contributed by atoms with Crippen molar-refractivity contribution in [2.75, 3.05) is 6.54 Å². The molecule has 0 aromatic rings. The van der Waals surface area contributed by atoms with Gasteiger partial charge in [0, 0.05) is 12.6 Å². The minimum atomic E-state index is 0.521. The summed E-state index contributed by atoms with van der Waals surface area (Å²) >= 11 is 0. The molecule has 0 saturated heterocycles. The van der Waals surface area contributed by atoms with Crippen LogP contribution in [0.25, 0.3) is 0 Å². The summed E-state index contributed by atoms with van der Waals surface area (Å²) in [7, 11) is 1.15. The van der Waals surface area contributed by atoms with Crippen LogP contribution in [0, 0.1) is 23.7 Å². The van der Waals surface area contributed by atoms with Gasteiger partial charge in [-0.1, -0.05) is 32.6 Å². The second kappa shape index (κ2) is 7.25. The zero-order valence-electron chi connectivity index (χ0n) is 13.6. The maximum atomic E-state index is 6.24. The van der Waals surface area contributed by atoms with Crippen LogP contribution in [-0.2, 0) is 0 Å². The molecule has 3 fully saturated rings. The molecule has 0 spiro atoms. The molecule has 8 atom stereocenters. The molecule has 3 aliphatic carbocycles. The van der Waals surface area contributed by atoms with Crippen molar-refractivity contribution in [3.8, 4) is 0 Å². The highest BCUT2D eigenvalue weighted by Gasteiger charge is 2.47. The van der Waals surface area contributed by atoms with Crippen molar-refractivity contribution in [2.24, 2.45) is 35.2 Å². The number of nitrogens with one attached hydrogen (secondary N) is 1. The Bertz CT molecular complexity index is 338. The van der Waals surface area contributed by atoms with Crippen molar-refractivity contribution in [1.29, 1.82) is 0 Å². The fraction of sp³-hybridized carbons (Fsp3) is 1.00. The third-order valence-electron chi connectivity index (χ3n) is 6.05. The molecule has 0 heterocycles. The van der Waals surface area contributed by atoms with E-state index >= 15 is 0 Å². The van der Waals surface area contributed by atoms with Gasteiger partial charge in [-0.3, -0.25) is 11.3 Å². The minimum Gasteiger partial charge on any atom is -0.327 e. The molecule has 3 nitrogen and oxygen atoms in total. The Morgan fingerprint density at radius 1 is 1.14 bits per heavy atom. The quantitative estimate of drug-likeness (QED) is 0.401. The van der Waals surface area contributed by atoms with Crippen molar-refractivity contribution < 1.29 is 0 Å². The first-order valence-electron chi connectivity index (χ1n) is 9.14. The van der Waals surface area contributed by atoms with Crippen LogP contribution in [0.2, 0.25) is 0 Å². The van der Waals surface area contributed by atoms with Gasteiger partial charge in [0.05, 0.1) is 0 Å². The number of hydrogen-bond donors (Lipinski definition) is 3. The summed E-state index contributed by atoms with van der Waals surface area (Å²) in [5.41, 5.74) is 11.0. The van der Waals surface area contributed by atoms with E-state index in [0.29, 0.717) is 6.04 Å². The highest BCUT2D eigenvalue weighted by molar-refractivity contribution is 7.40. The Labute approximate surface area is 132 Å². The summed E-state index contributed by atoms with van der Waals surface area (Å²) in [5.74, 6) is 9.09. The molecule has 122 valence electrons. The molecule has 0 radical (unpaired) electrons. The van der Waals surface area contributed by atoms with Gasteiger partial charge < -0.3 is 5.73 Å². The Morgan fingerprint density at radius 2 is 1.90 bits per heavy atom. The highest BCUT2D eigenvalue weighted by atomic mass is 31.1. The van der Waals surface area contributed by atoms with Gasteiger partial charge in [-0.25, -0.2) is 0 Å². The van der Waals surface area contributed by atoms with Crippen LogP contribution >= 0.6 is 8.58 Å². The molecule has 0 aromatic carbocycles. The van der Waals surface area contributed by atoms with E-state index in [-0.39, 0.29) is 0 Å². The largest absolute Gasteiger partial charge is 0.327 e. The molecule has 0 aromatic heterocycles. The lowest BCUT2D eigenvalue weighted by Crippen LogP contribution is -2.27. The van der Waals surface area contributed by atoms with E-state index in [2.05, 4.69) is 12.3 Å². The average Bonchev–Trinajstić information content (AvgIpc) is 3.31. The van der Waals surface area contributed by atoms with E-state index in [0.717, 1.165) is 50.1 Å². The molecule has 21 heavy (non-hydrogen) atoms. The van der Waals surface area contributed by atoms with Crippen molar-refractivity contribution in [3.63, 3.8) is 0 Å². The van der Waals surface area contributed by atoms with Crippen molar-refractivity contribution in [1.82, 2.24) is 5.43 Å². The SMILES string of the molecule is CC1CCCCCC(C(PC2CC2CNN)C2CC2N)C1. The maximum absolute atomic E-state index is 6.24. The summed E-state index contributed by atoms with van der Waals surface area (Å²) in [5, 5.41) is 0. The number of rotatable bonds is 6. The molecular weight excluding hydrogens is 277 g/mol. The van der Waals surface area contributed by atoms with Gasteiger partial charge in [0.25, 0.3) is 0 Å². The molecule has 5 N–H and O–H groups in total. The maximum Gasteiger partial charge on any atom is 0.0132 e. The lowest BCUT2D eigenvalue weighted by Gasteiger charge is -2.32. The standard InChI is InChI=1S/C17H34N3P/c1-11-5-3-2-4-6-12(7-11)17(14-9-15(14)18)21-16-8-13(16)10-20-19/h11-17,20-21H,2-10,18-19H2,1H3. The second-order valence-electron chi connectivity index (χ2n) is 8.01. The lowest BCUT2D eigenvalue weighted by molar-refractivity contribution is 0.293. The van der Waals surface area contributed by atoms with Crippen LogP contribution < -0.4 is 17.0 Å². The number of hydrogen-bond acceptors (Lipinski definition) is 3. The van der Waals surface area contributed by atoms with Gasteiger partial charge in [-0.15, -0.1) is 8.58 Å². The fourth-order valence-electron chi connectivity index (χ4n) is 4.49. The first-order valence-corrected chi connectivity index (χ1v) is 10.3. The summed E-state index contributed by atoms with van der Waals surface area (Å²) in [6.07, 6.45) is 11.5. The third-order valence-corrected chi connectivity index (χ3v) is 8.47. The van der Waals surface area contributed by atoms with Crippen molar-refractivity contribution >= 4 is 8.58 Å². The smallest absolute Gasteiger partial charge is 0.0132 e. The molecule has 3 rings (SSSR count). The van der Waals surface area contributed by atoms with Gasteiger partial charge in [0.2, 0.25) is 0 Å². The summed E-state index contributed by atoms with van der Waals surface area (Å²) < 4.78 is 0. The predicted octanol–water partition coefficient (Wildman–Crippen LogP) is 2.84. The topological polar surface area (TPSA) is 64.1 Å². The second-order valence-corrected chi connectivity index (χ2v) is 9.75. The molecule has 0 aliphatic heterocycles. The van der Waals surface area contributed by atoms with Crippen LogP contribution in [0.1, 0.15) is 58.3 Å². The molecule has 4 heteroatoms. The first-order chi connectivity index (χ1) is 10.2. The van der Waals surface area contributed by atoms with Crippen molar-refractivity contribution in [3.05, 3.63) is 0 Å². The molecule has 3 saturated carbocycles. The highest BCUT2D eigenvalue weighted by Crippen LogP contribution is 2.56. The van der Waals surface area contributed by atoms with E-state index < -0.39 is 0 Å². The first kappa shape index (κ1) is 16.2. The Kier molecular flexibility index (Phi) is 5.59. The molecule has 0 bridgehead atoms. The molecule has 8 unspecified atom stereocenters. The van der Waals surface area contributed by atoms with E-state index in [1.807, 2.05) is 0 Å². The van der Waals surface area contributed by atoms with E-state index in [9.17, 15) is 0 Å². The summed E-state index contributed by atoms with van der Waals surface area (Å²) in [6, 6.07) is 0.521. The van der Waals surface area contributed by atoms with Crippen LogP contribution in [0.5, 0.6) is 0 Å². The Hall–Kier alpha value is 0.310. The minimum absolute atomic E-state index is 0.521. The van der Waals surface area contributed by atoms with Crippen molar-refractivity contribution in [2.45, 2.75) is 75.7 Å². The zero-order valence-corrected chi connectivity index (χ0v) is 14.6. The molecular formula is C17H34N3P. The molecule has 0 amide bonds. The lowest BCUT2D eigenvalue weighted by atomic mass is 9.82. The fourth-order valence-corrected chi connectivity index (χ4v) is 7.02. The van der Waals surface area contributed by atoms with E-state index in [1.165, 1.54) is 51.4 Å². The van der Waals surface area contributed by atoms with Gasteiger partial charge in [0.15, 0.2) is 0 Å². The number of nitrogens with two attached hydrogens (primary N) is 2. The van der Waals surface area contributed by atoms with Crippen LogP contribution in [0.15, 0.2) is 0 Å². The summed E-state index contributed by atoms with van der Waals surface area (Å²) in [4.78, 5) is 0. The Balaban J connectivity index is 1.58. The van der Waals surface area contributed by atoms with Gasteiger partial charge in [-0.2, -0.15) is 0 Å². The zero-order chi connectivity index (χ0) is 14.8. The summed E-state index contributed by atoms with van der Waals surface area (Å²) in [6.45, 7) is 3.49. The predicted molar refractivity (Wildman–Crippen MR) is 92.6 cm³/mol. The van der Waals surface area contributed by atoms with Gasteiger partial charge in [-0.05, 0) is 60.7 Å². The normalized spacial score (nSPS) is 45.3. The van der Waals surface area contributed by atoms with Gasteiger partial charge >= 0.3 is 0 Å². The molecule has 3 aliphatic rings.